The lowest BCUT2D eigenvalue weighted by atomic mass is 9.87. The molecule has 34 heavy (non-hydrogen) atoms. The van der Waals surface area contributed by atoms with Crippen LogP contribution in [0.1, 0.15) is 51.0 Å². The van der Waals surface area contributed by atoms with E-state index in [1.807, 2.05) is 19.1 Å². The fourth-order valence-corrected chi connectivity index (χ4v) is 5.84. The number of rotatable bonds is 6. The molecular formula is C26H31F3INO3. The first-order chi connectivity index (χ1) is 16.2. The van der Waals surface area contributed by atoms with Gasteiger partial charge in [0.2, 0.25) is 0 Å². The molecule has 1 aliphatic heterocycles. The van der Waals surface area contributed by atoms with Crippen molar-refractivity contribution in [3.05, 3.63) is 39.5 Å². The van der Waals surface area contributed by atoms with Gasteiger partial charge in [0.25, 0.3) is 0 Å². The number of likely N-dealkylation sites (tertiary alicyclic amines) is 1. The summed E-state index contributed by atoms with van der Waals surface area (Å²) in [6.07, 6.45) is -1.46. The van der Waals surface area contributed by atoms with Crippen molar-refractivity contribution in [2.75, 3.05) is 19.7 Å². The number of halogens is 4. The zero-order chi connectivity index (χ0) is 24.3. The van der Waals surface area contributed by atoms with Crippen LogP contribution in [-0.2, 0) is 16.1 Å². The smallest absolute Gasteiger partial charge is 0.391 e. The summed E-state index contributed by atoms with van der Waals surface area (Å²) in [6, 6.07) is 10.4. The predicted molar refractivity (Wildman–Crippen MR) is 134 cm³/mol. The fraction of sp³-hybridized carbons (Fsp3) is 0.577. The number of ether oxygens (including phenoxy) is 2. The molecule has 186 valence electrons. The predicted octanol–water partition coefficient (Wildman–Crippen LogP) is 6.72. The first-order valence-corrected chi connectivity index (χ1v) is 13.2. The molecular weight excluding hydrogens is 558 g/mol. The molecule has 0 bridgehead atoms. The third kappa shape index (κ3) is 6.17. The molecule has 0 spiro atoms. The Morgan fingerprint density at radius 1 is 1.06 bits per heavy atom. The van der Waals surface area contributed by atoms with Gasteiger partial charge in [-0.3, -0.25) is 9.69 Å². The molecule has 4 rings (SSSR count). The lowest BCUT2D eigenvalue weighted by Gasteiger charge is -2.31. The molecule has 0 unspecified atom stereocenters. The van der Waals surface area contributed by atoms with E-state index in [9.17, 15) is 18.0 Å². The molecule has 1 saturated carbocycles. The summed E-state index contributed by atoms with van der Waals surface area (Å²) in [5.41, 5.74) is 1.22. The molecule has 1 aliphatic carbocycles. The monoisotopic (exact) mass is 589 g/mol. The highest BCUT2D eigenvalue weighted by Crippen LogP contribution is 2.39. The second kappa shape index (κ2) is 11.0. The summed E-state index contributed by atoms with van der Waals surface area (Å²) in [5.74, 6) is -0.514. The van der Waals surface area contributed by atoms with E-state index in [1.165, 1.54) is 5.56 Å². The summed E-state index contributed by atoms with van der Waals surface area (Å²) < 4.78 is 51.1. The van der Waals surface area contributed by atoms with Gasteiger partial charge in [0, 0.05) is 6.54 Å². The van der Waals surface area contributed by atoms with Gasteiger partial charge in [-0.15, -0.1) is 0 Å². The van der Waals surface area contributed by atoms with E-state index < -0.39 is 12.1 Å². The summed E-state index contributed by atoms with van der Waals surface area (Å²) in [4.78, 5) is 14.3. The van der Waals surface area contributed by atoms with Crippen LogP contribution in [0.4, 0.5) is 13.2 Å². The molecule has 2 aromatic rings. The van der Waals surface area contributed by atoms with Gasteiger partial charge in [-0.2, -0.15) is 13.2 Å². The summed E-state index contributed by atoms with van der Waals surface area (Å²) in [6.45, 7) is 4.86. The van der Waals surface area contributed by atoms with E-state index in [0.717, 1.165) is 52.6 Å². The van der Waals surface area contributed by atoms with Gasteiger partial charge in [0.15, 0.2) is 0 Å². The highest BCUT2D eigenvalue weighted by molar-refractivity contribution is 14.1. The fourth-order valence-electron chi connectivity index (χ4n) is 5.04. The van der Waals surface area contributed by atoms with Crippen LogP contribution >= 0.6 is 22.6 Å². The van der Waals surface area contributed by atoms with Crippen LogP contribution in [0.15, 0.2) is 30.3 Å². The third-order valence-corrected chi connectivity index (χ3v) is 8.14. The highest BCUT2D eigenvalue weighted by Gasteiger charge is 2.41. The zero-order valence-electron chi connectivity index (χ0n) is 19.4. The first kappa shape index (κ1) is 25.5. The first-order valence-electron chi connectivity index (χ1n) is 12.1. The molecule has 1 heterocycles. The molecule has 0 N–H and O–H groups in total. The molecule has 0 radical (unpaired) electrons. The van der Waals surface area contributed by atoms with Gasteiger partial charge in [-0.25, -0.2) is 0 Å². The minimum atomic E-state index is -4.10. The largest absolute Gasteiger partial charge is 0.489 e. The number of hydrogen-bond donors (Lipinski definition) is 0. The lowest BCUT2D eigenvalue weighted by molar-refractivity contribution is -0.185. The van der Waals surface area contributed by atoms with E-state index in [2.05, 4.69) is 45.7 Å². The minimum Gasteiger partial charge on any atom is -0.489 e. The number of benzene rings is 2. The molecule has 0 amide bonds. The minimum absolute atomic E-state index is 0.0105. The number of carbonyl (C=O) groups is 1. The van der Waals surface area contributed by atoms with Crippen molar-refractivity contribution < 1.29 is 27.4 Å². The van der Waals surface area contributed by atoms with Gasteiger partial charge in [0.05, 0.1) is 28.1 Å². The van der Waals surface area contributed by atoms with Crippen LogP contribution < -0.4 is 4.74 Å². The Morgan fingerprint density at radius 2 is 1.76 bits per heavy atom. The van der Waals surface area contributed by atoms with Crippen molar-refractivity contribution in [1.29, 1.82) is 0 Å². The Balaban J connectivity index is 1.35. The molecule has 2 fully saturated rings. The maximum Gasteiger partial charge on any atom is 0.391 e. The molecule has 1 saturated heterocycles. The van der Waals surface area contributed by atoms with Gasteiger partial charge in [0.1, 0.15) is 5.75 Å². The third-order valence-electron chi connectivity index (χ3n) is 7.03. The van der Waals surface area contributed by atoms with Gasteiger partial charge >= 0.3 is 12.1 Å². The van der Waals surface area contributed by atoms with Crippen LogP contribution in [0.5, 0.6) is 5.75 Å². The van der Waals surface area contributed by atoms with E-state index in [1.54, 1.807) is 0 Å². The van der Waals surface area contributed by atoms with E-state index in [-0.39, 0.29) is 30.8 Å². The Morgan fingerprint density at radius 3 is 2.41 bits per heavy atom. The van der Waals surface area contributed by atoms with Crippen LogP contribution in [-0.4, -0.2) is 42.8 Å². The normalized spacial score (nSPS) is 22.6. The second-order valence-corrected chi connectivity index (χ2v) is 10.4. The SMILES string of the molecule is CCOC(=O)C1CCN(Cc2ccc3c(I)c(OC4CCC(C(F)(F)F)CC4)ccc3c2)CC1. The Bertz CT molecular complexity index is 997. The van der Waals surface area contributed by atoms with Crippen molar-refractivity contribution in [2.24, 2.45) is 11.8 Å². The average Bonchev–Trinajstić information content (AvgIpc) is 2.81. The molecule has 8 heteroatoms. The number of piperidine rings is 1. The van der Waals surface area contributed by atoms with E-state index in [0.29, 0.717) is 19.4 Å². The number of fused-ring (bicyclic) bond motifs is 1. The van der Waals surface area contributed by atoms with Crippen LogP contribution in [0.2, 0.25) is 0 Å². The molecule has 4 nitrogen and oxygen atoms in total. The number of esters is 1. The van der Waals surface area contributed by atoms with Crippen molar-refractivity contribution in [1.82, 2.24) is 4.90 Å². The van der Waals surface area contributed by atoms with Crippen molar-refractivity contribution in [3.8, 4) is 5.75 Å². The lowest BCUT2D eigenvalue weighted by Crippen LogP contribution is -2.36. The van der Waals surface area contributed by atoms with E-state index in [4.69, 9.17) is 9.47 Å². The number of hydrogen-bond acceptors (Lipinski definition) is 4. The second-order valence-electron chi connectivity index (χ2n) is 9.37. The number of carbonyl (C=O) groups excluding carboxylic acids is 1. The highest BCUT2D eigenvalue weighted by atomic mass is 127. The Labute approximate surface area is 212 Å². The summed E-state index contributed by atoms with van der Waals surface area (Å²) in [5, 5.41) is 2.21. The van der Waals surface area contributed by atoms with Crippen molar-refractivity contribution >= 4 is 39.3 Å². The molecule has 0 atom stereocenters. The maximum atomic E-state index is 12.9. The molecule has 0 aromatic heterocycles. The van der Waals surface area contributed by atoms with E-state index >= 15 is 0 Å². The molecule has 2 aromatic carbocycles. The van der Waals surface area contributed by atoms with Crippen molar-refractivity contribution in [3.63, 3.8) is 0 Å². The van der Waals surface area contributed by atoms with Gasteiger partial charge in [-0.1, -0.05) is 18.2 Å². The summed E-state index contributed by atoms with van der Waals surface area (Å²) in [7, 11) is 0. The molecule has 2 aliphatic rings. The Kier molecular flexibility index (Phi) is 8.28. The van der Waals surface area contributed by atoms with Crippen LogP contribution in [0.3, 0.4) is 0 Å². The van der Waals surface area contributed by atoms with Gasteiger partial charge in [-0.05, 0) is 110 Å². The topological polar surface area (TPSA) is 38.8 Å². The summed E-state index contributed by atoms with van der Waals surface area (Å²) >= 11 is 2.27. The maximum absolute atomic E-state index is 12.9. The van der Waals surface area contributed by atoms with Crippen LogP contribution in [0, 0.1) is 15.4 Å². The number of nitrogens with zero attached hydrogens (tertiary/aromatic N) is 1. The van der Waals surface area contributed by atoms with Gasteiger partial charge < -0.3 is 9.47 Å². The average molecular weight is 589 g/mol. The van der Waals surface area contributed by atoms with Crippen LogP contribution in [0.25, 0.3) is 10.8 Å². The quantitative estimate of drug-likeness (QED) is 0.277. The zero-order valence-corrected chi connectivity index (χ0v) is 21.5. The standard InChI is InChI=1S/C26H31F3INO3/c1-2-33-25(32)18-11-13-31(14-12-18)16-17-3-9-22-19(15-17)4-10-23(24(22)30)34-21-7-5-20(6-8-21)26(27,28)29/h3-4,9-10,15,18,20-21H,2,5-8,11-14,16H2,1H3. The van der Waals surface area contributed by atoms with Crippen molar-refractivity contribution in [2.45, 2.75) is 64.3 Å². The Hall–Kier alpha value is -1.55. The number of alkyl halides is 3.